The van der Waals surface area contributed by atoms with Crippen LogP contribution in [0.1, 0.15) is 47.3 Å². The molecule has 2 aromatic heterocycles. The number of fused-ring (bicyclic) bond motifs is 1. The maximum absolute atomic E-state index is 12.6. The first-order valence-electron chi connectivity index (χ1n) is 12.2. The highest BCUT2D eigenvalue weighted by atomic mass is 35.7. The fourth-order valence-electron chi connectivity index (χ4n) is 3.44. The molecule has 0 aromatic carbocycles. The van der Waals surface area contributed by atoms with E-state index in [0.29, 0.717) is 6.42 Å². The van der Waals surface area contributed by atoms with E-state index in [1.165, 1.54) is 11.0 Å². The number of aromatic amines is 1. The summed E-state index contributed by atoms with van der Waals surface area (Å²) in [5.41, 5.74) is -0.105. The molecule has 12 nitrogen and oxygen atoms in total. The van der Waals surface area contributed by atoms with Gasteiger partial charge in [-0.3, -0.25) is 29.0 Å². The molecule has 2 aromatic rings. The van der Waals surface area contributed by atoms with E-state index in [9.17, 15) is 14.2 Å². The third-order valence-electron chi connectivity index (χ3n) is 6.82. The zero-order valence-corrected chi connectivity index (χ0v) is 25.5. The summed E-state index contributed by atoms with van der Waals surface area (Å²) in [5.74, 6) is -0.547. The lowest BCUT2D eigenvalue weighted by atomic mass is 10.2. The van der Waals surface area contributed by atoms with Gasteiger partial charge in [0.25, 0.3) is 5.56 Å². The first-order chi connectivity index (χ1) is 16.9. The molecule has 2 N–H and O–H groups in total. The Kier molecular flexibility index (Phi) is 8.80. The normalized spacial score (nSPS) is 22.6. The molecule has 0 saturated carbocycles. The van der Waals surface area contributed by atoms with E-state index in [2.05, 4.69) is 54.1 Å². The minimum atomic E-state index is -3.52. The lowest BCUT2D eigenvalue weighted by molar-refractivity contribution is -0.118. The third-order valence-corrected chi connectivity index (χ3v) is 13.9. The SMILES string of the molecule is CC(C)C(=O)Nc1nc2c(ncn2[C@H]2CC(O[Si](C)(C)C(C)(C)C)[C@@H](CO[P@@](=O)(Cl)N(C)C)O2)c(=O)[nH]1. The van der Waals surface area contributed by atoms with Crippen molar-refractivity contribution in [3.8, 4) is 0 Å². The van der Waals surface area contributed by atoms with Crippen LogP contribution in [0.25, 0.3) is 11.2 Å². The van der Waals surface area contributed by atoms with Crippen LogP contribution in [0.3, 0.4) is 0 Å². The van der Waals surface area contributed by atoms with Crippen LogP contribution in [0.5, 0.6) is 0 Å². The molecule has 0 aliphatic carbocycles. The summed E-state index contributed by atoms with van der Waals surface area (Å²) in [7, 11) is 0.936. The zero-order chi connectivity index (χ0) is 27.9. The van der Waals surface area contributed by atoms with E-state index in [0.717, 1.165) is 0 Å². The van der Waals surface area contributed by atoms with Crippen LogP contribution < -0.4 is 10.9 Å². The Labute approximate surface area is 222 Å². The van der Waals surface area contributed by atoms with Crippen LogP contribution in [-0.2, 0) is 23.0 Å². The third kappa shape index (κ3) is 6.70. The average Bonchev–Trinajstić information content (AvgIpc) is 3.35. The van der Waals surface area contributed by atoms with E-state index >= 15 is 0 Å². The number of anilines is 1. The van der Waals surface area contributed by atoms with Gasteiger partial charge in [0.05, 0.1) is 19.0 Å². The smallest absolute Gasteiger partial charge is 0.362 e. The molecule has 3 rings (SSSR count). The molecular formula is C22H38ClN6O6PSi. The highest BCUT2D eigenvalue weighted by Crippen LogP contribution is 2.54. The van der Waals surface area contributed by atoms with Crippen molar-refractivity contribution in [3.05, 3.63) is 16.7 Å². The van der Waals surface area contributed by atoms with Crippen LogP contribution in [0.15, 0.2) is 11.1 Å². The van der Waals surface area contributed by atoms with Crippen LogP contribution in [0.2, 0.25) is 18.1 Å². The highest BCUT2D eigenvalue weighted by molar-refractivity contribution is 7.83. The van der Waals surface area contributed by atoms with E-state index in [1.54, 1.807) is 32.5 Å². The molecule has 1 saturated heterocycles. The van der Waals surface area contributed by atoms with Gasteiger partial charge in [0, 0.05) is 12.3 Å². The minimum Gasteiger partial charge on any atom is -0.411 e. The first kappa shape index (κ1) is 29.9. The monoisotopic (exact) mass is 576 g/mol. The molecule has 37 heavy (non-hydrogen) atoms. The molecule has 1 aliphatic rings. The number of aromatic nitrogens is 4. The summed E-state index contributed by atoms with van der Waals surface area (Å²) in [4.78, 5) is 36.0. The van der Waals surface area contributed by atoms with Crippen molar-refractivity contribution in [1.82, 2.24) is 24.2 Å². The van der Waals surface area contributed by atoms with Crippen LogP contribution in [0, 0.1) is 5.92 Å². The number of hydrogen-bond donors (Lipinski definition) is 2. The second kappa shape index (κ2) is 10.9. The minimum absolute atomic E-state index is 0.0268. The molecule has 208 valence electrons. The highest BCUT2D eigenvalue weighted by Gasteiger charge is 2.46. The standard InChI is InChI=1S/C22H38ClN6O6PSi/c1-13(2)19(30)26-21-25-18-17(20(31)27-21)24-12-29(18)16-10-14(35-37(8,9)22(3,4)5)15(34-16)11-33-36(23,32)28(6)7/h12-16H,10-11H2,1-9H3,(H2,25,26,27,30,31)/t14?,15-,16-,36+/m1/s1. The molecule has 1 aliphatic heterocycles. The van der Waals surface area contributed by atoms with Gasteiger partial charge in [0.1, 0.15) is 12.3 Å². The van der Waals surface area contributed by atoms with Crippen LogP contribution >= 0.6 is 18.1 Å². The van der Waals surface area contributed by atoms with Gasteiger partial charge in [-0.25, -0.2) is 9.65 Å². The summed E-state index contributed by atoms with van der Waals surface area (Å²) in [5, 5.41) is 2.56. The predicted octanol–water partition coefficient (Wildman–Crippen LogP) is 4.32. The summed E-state index contributed by atoms with van der Waals surface area (Å²) in [6.45, 7) is 10.6. The number of hydrogen-bond acceptors (Lipinski definition) is 8. The Balaban J connectivity index is 1.94. The summed E-state index contributed by atoms with van der Waals surface area (Å²) in [6.07, 6.45) is 0.341. The number of halogens is 1. The molecule has 4 atom stereocenters. The Morgan fingerprint density at radius 3 is 2.62 bits per heavy atom. The average molecular weight is 577 g/mol. The van der Waals surface area contributed by atoms with Gasteiger partial charge in [0.2, 0.25) is 11.9 Å². The van der Waals surface area contributed by atoms with Gasteiger partial charge in [-0.2, -0.15) is 4.98 Å². The lowest BCUT2D eigenvalue weighted by Crippen LogP contribution is -2.46. The second-order valence-corrected chi connectivity index (χ2v) is 19.3. The largest absolute Gasteiger partial charge is 0.411 e. The topological polar surface area (TPSA) is 141 Å². The molecule has 3 heterocycles. The quantitative estimate of drug-likeness (QED) is 0.330. The van der Waals surface area contributed by atoms with Gasteiger partial charge in [-0.05, 0) is 43.5 Å². The van der Waals surface area contributed by atoms with E-state index in [-0.39, 0.29) is 46.7 Å². The maximum atomic E-state index is 12.6. The van der Waals surface area contributed by atoms with Crippen molar-refractivity contribution in [2.75, 3.05) is 26.0 Å². The number of nitrogens with one attached hydrogen (secondary N) is 2. The Hall–Kier alpha value is -1.60. The number of carbonyl (C=O) groups excluding carboxylic acids is 1. The van der Waals surface area contributed by atoms with Crippen molar-refractivity contribution in [1.29, 1.82) is 0 Å². The number of amides is 1. The maximum Gasteiger partial charge on any atom is 0.362 e. The molecule has 0 spiro atoms. The summed E-state index contributed by atoms with van der Waals surface area (Å²) < 4.78 is 34.1. The van der Waals surface area contributed by atoms with Gasteiger partial charge in [-0.1, -0.05) is 34.6 Å². The fraction of sp³-hybridized carbons (Fsp3) is 0.727. The zero-order valence-electron chi connectivity index (χ0n) is 22.9. The Morgan fingerprint density at radius 1 is 1.41 bits per heavy atom. The predicted molar refractivity (Wildman–Crippen MR) is 145 cm³/mol. The number of nitrogens with zero attached hydrogens (tertiary/aromatic N) is 4. The second-order valence-electron chi connectivity index (χ2n) is 11.3. The molecule has 1 unspecified atom stereocenters. The van der Waals surface area contributed by atoms with Crippen molar-refractivity contribution in [2.24, 2.45) is 5.92 Å². The first-order valence-corrected chi connectivity index (χ1v) is 17.5. The summed E-state index contributed by atoms with van der Waals surface area (Å²) in [6, 6.07) is 0. The van der Waals surface area contributed by atoms with Crippen molar-refractivity contribution < 1.29 is 23.0 Å². The number of carbonyl (C=O) groups is 1. The van der Waals surface area contributed by atoms with Gasteiger partial charge >= 0.3 is 6.87 Å². The van der Waals surface area contributed by atoms with Gasteiger partial charge in [-0.15, -0.1) is 0 Å². The number of imidazole rings is 1. The molecule has 15 heteroatoms. The van der Waals surface area contributed by atoms with Crippen molar-refractivity contribution in [3.63, 3.8) is 0 Å². The fourth-order valence-corrected chi connectivity index (χ4v) is 5.53. The van der Waals surface area contributed by atoms with Crippen molar-refractivity contribution in [2.45, 2.75) is 77.6 Å². The van der Waals surface area contributed by atoms with Gasteiger partial charge in [0.15, 0.2) is 19.5 Å². The van der Waals surface area contributed by atoms with Crippen molar-refractivity contribution >= 4 is 49.4 Å². The van der Waals surface area contributed by atoms with Crippen LogP contribution in [0.4, 0.5) is 5.95 Å². The Morgan fingerprint density at radius 2 is 2.05 bits per heavy atom. The number of rotatable bonds is 9. The molecule has 0 bridgehead atoms. The van der Waals surface area contributed by atoms with Crippen LogP contribution in [-0.4, -0.2) is 71.3 Å². The van der Waals surface area contributed by atoms with E-state index < -0.39 is 33.1 Å². The molecular weight excluding hydrogens is 539 g/mol. The lowest BCUT2D eigenvalue weighted by Gasteiger charge is -2.39. The molecule has 1 amide bonds. The number of ether oxygens (including phenoxy) is 1. The number of H-pyrrole nitrogens is 1. The van der Waals surface area contributed by atoms with Gasteiger partial charge < -0.3 is 13.7 Å². The summed E-state index contributed by atoms with van der Waals surface area (Å²) >= 11 is 6.09. The van der Waals surface area contributed by atoms with E-state index in [4.69, 9.17) is 24.9 Å². The van der Waals surface area contributed by atoms with E-state index in [1.807, 2.05) is 0 Å². The molecule has 1 fully saturated rings. The Bertz CT molecular complexity index is 1240. The molecule has 0 radical (unpaired) electrons.